The molecule has 3 unspecified atom stereocenters. The molecular formula is C12H19NO3S. The number of hydrogen-bond acceptors (Lipinski definition) is 4. The van der Waals surface area contributed by atoms with E-state index in [1.807, 2.05) is 31.4 Å². The molecule has 1 rings (SSSR count). The van der Waals surface area contributed by atoms with Crippen LogP contribution in [0, 0.1) is 5.92 Å². The summed E-state index contributed by atoms with van der Waals surface area (Å²) in [6.45, 7) is 5.48. The molecular weight excluding hydrogens is 238 g/mol. The first-order valence-corrected chi connectivity index (χ1v) is 6.51. The molecule has 3 N–H and O–H groups in total. The molecule has 1 heterocycles. The van der Waals surface area contributed by atoms with E-state index < -0.39 is 18.1 Å². The number of thiophene rings is 1. The van der Waals surface area contributed by atoms with Gasteiger partial charge in [-0.05, 0) is 24.3 Å². The average Bonchev–Trinajstić information content (AvgIpc) is 2.76. The van der Waals surface area contributed by atoms with E-state index in [1.54, 1.807) is 6.92 Å². The van der Waals surface area contributed by atoms with Crippen LogP contribution in [-0.4, -0.2) is 28.3 Å². The lowest BCUT2D eigenvalue weighted by atomic mass is 10.0. The SMILES string of the molecule is CC(C)C(NC(C)C(O)c1cccs1)C(=O)O. The molecule has 0 aliphatic heterocycles. The lowest BCUT2D eigenvalue weighted by Gasteiger charge is -2.25. The van der Waals surface area contributed by atoms with Gasteiger partial charge in [-0.1, -0.05) is 19.9 Å². The molecule has 0 spiro atoms. The minimum atomic E-state index is -0.884. The van der Waals surface area contributed by atoms with Gasteiger partial charge < -0.3 is 10.2 Å². The molecule has 1 aromatic heterocycles. The Balaban J connectivity index is 2.64. The zero-order valence-corrected chi connectivity index (χ0v) is 11.1. The van der Waals surface area contributed by atoms with E-state index in [0.717, 1.165) is 4.88 Å². The second-order valence-electron chi connectivity index (χ2n) is 4.48. The Labute approximate surface area is 105 Å². The number of aliphatic carboxylic acids is 1. The van der Waals surface area contributed by atoms with E-state index in [0.29, 0.717) is 0 Å². The Kier molecular flexibility index (Phi) is 5.11. The van der Waals surface area contributed by atoms with Gasteiger partial charge in [-0.3, -0.25) is 10.1 Å². The predicted octanol–water partition coefficient (Wildman–Crippen LogP) is 1.87. The maximum Gasteiger partial charge on any atom is 0.320 e. The second kappa shape index (κ2) is 6.14. The fourth-order valence-electron chi connectivity index (χ4n) is 1.63. The number of aliphatic hydroxyl groups is 1. The minimum Gasteiger partial charge on any atom is -0.480 e. The predicted molar refractivity (Wildman–Crippen MR) is 68.1 cm³/mol. The molecule has 17 heavy (non-hydrogen) atoms. The first kappa shape index (κ1) is 14.2. The van der Waals surface area contributed by atoms with Crippen molar-refractivity contribution in [3.8, 4) is 0 Å². The molecule has 0 saturated carbocycles. The molecule has 0 aliphatic rings. The molecule has 96 valence electrons. The summed E-state index contributed by atoms with van der Waals surface area (Å²) in [7, 11) is 0. The number of rotatable bonds is 6. The summed E-state index contributed by atoms with van der Waals surface area (Å²) < 4.78 is 0. The highest BCUT2D eigenvalue weighted by Crippen LogP contribution is 2.22. The molecule has 1 aromatic rings. The first-order chi connectivity index (χ1) is 7.93. The monoisotopic (exact) mass is 257 g/mol. The van der Waals surface area contributed by atoms with Crippen LogP contribution in [0.5, 0.6) is 0 Å². The van der Waals surface area contributed by atoms with Crippen LogP contribution in [0.4, 0.5) is 0 Å². The number of nitrogens with one attached hydrogen (secondary N) is 1. The maximum absolute atomic E-state index is 11.0. The summed E-state index contributed by atoms with van der Waals surface area (Å²) in [5, 5.41) is 24.0. The van der Waals surface area contributed by atoms with Crippen molar-refractivity contribution in [1.82, 2.24) is 5.32 Å². The molecule has 4 nitrogen and oxygen atoms in total. The molecule has 0 bridgehead atoms. The van der Waals surface area contributed by atoms with Crippen LogP contribution in [-0.2, 0) is 4.79 Å². The fraction of sp³-hybridized carbons (Fsp3) is 0.583. The van der Waals surface area contributed by atoms with E-state index in [4.69, 9.17) is 5.11 Å². The summed E-state index contributed by atoms with van der Waals surface area (Å²) in [6.07, 6.45) is -0.671. The summed E-state index contributed by atoms with van der Waals surface area (Å²) >= 11 is 1.47. The van der Waals surface area contributed by atoms with Gasteiger partial charge in [-0.2, -0.15) is 0 Å². The highest BCUT2D eigenvalue weighted by molar-refractivity contribution is 7.10. The van der Waals surface area contributed by atoms with Gasteiger partial charge in [-0.25, -0.2) is 0 Å². The van der Waals surface area contributed by atoms with Gasteiger partial charge >= 0.3 is 5.97 Å². The lowest BCUT2D eigenvalue weighted by Crippen LogP contribution is -2.47. The van der Waals surface area contributed by atoms with Crippen molar-refractivity contribution >= 4 is 17.3 Å². The normalized spacial score (nSPS) is 16.8. The van der Waals surface area contributed by atoms with Gasteiger partial charge in [0.2, 0.25) is 0 Å². The van der Waals surface area contributed by atoms with E-state index in [2.05, 4.69) is 5.32 Å². The smallest absolute Gasteiger partial charge is 0.320 e. The molecule has 5 heteroatoms. The first-order valence-electron chi connectivity index (χ1n) is 5.63. The average molecular weight is 257 g/mol. The summed E-state index contributed by atoms with van der Waals surface area (Å²) in [6, 6.07) is 2.78. The van der Waals surface area contributed by atoms with Crippen LogP contribution >= 0.6 is 11.3 Å². The van der Waals surface area contributed by atoms with Crippen molar-refractivity contribution in [2.75, 3.05) is 0 Å². The van der Waals surface area contributed by atoms with Gasteiger partial charge in [-0.15, -0.1) is 11.3 Å². The number of aliphatic hydroxyl groups excluding tert-OH is 1. The summed E-state index contributed by atoms with van der Waals surface area (Å²) in [4.78, 5) is 11.9. The Morgan fingerprint density at radius 1 is 1.41 bits per heavy atom. The number of hydrogen-bond donors (Lipinski definition) is 3. The molecule has 3 atom stereocenters. The van der Waals surface area contributed by atoms with Crippen LogP contribution in [0.25, 0.3) is 0 Å². The maximum atomic E-state index is 11.0. The van der Waals surface area contributed by atoms with Crippen molar-refractivity contribution < 1.29 is 15.0 Å². The highest BCUT2D eigenvalue weighted by Gasteiger charge is 2.26. The van der Waals surface area contributed by atoms with Crippen LogP contribution < -0.4 is 5.32 Å². The van der Waals surface area contributed by atoms with Gasteiger partial charge in [0.25, 0.3) is 0 Å². The van der Waals surface area contributed by atoms with Gasteiger partial charge in [0.15, 0.2) is 0 Å². The third kappa shape index (κ3) is 3.80. The quantitative estimate of drug-likeness (QED) is 0.727. The van der Waals surface area contributed by atoms with Gasteiger partial charge in [0.1, 0.15) is 12.1 Å². The Morgan fingerprint density at radius 3 is 2.47 bits per heavy atom. The molecule has 0 radical (unpaired) electrons. The second-order valence-corrected chi connectivity index (χ2v) is 5.45. The largest absolute Gasteiger partial charge is 0.480 e. The fourth-order valence-corrected chi connectivity index (χ4v) is 2.44. The van der Waals surface area contributed by atoms with Crippen molar-refractivity contribution in [1.29, 1.82) is 0 Å². The Morgan fingerprint density at radius 2 is 2.06 bits per heavy atom. The van der Waals surface area contributed by atoms with E-state index >= 15 is 0 Å². The van der Waals surface area contributed by atoms with Gasteiger partial charge in [0.05, 0.1) is 0 Å². The van der Waals surface area contributed by atoms with Crippen molar-refractivity contribution in [3.63, 3.8) is 0 Å². The van der Waals surface area contributed by atoms with E-state index in [-0.39, 0.29) is 12.0 Å². The van der Waals surface area contributed by atoms with Crippen LogP contribution in [0.3, 0.4) is 0 Å². The summed E-state index contributed by atoms with van der Waals surface area (Å²) in [5.41, 5.74) is 0. The van der Waals surface area contributed by atoms with Crippen LogP contribution in [0.1, 0.15) is 31.8 Å². The molecule has 0 fully saturated rings. The number of carboxylic acid groups (broad SMARTS) is 1. The molecule has 0 saturated heterocycles. The highest BCUT2D eigenvalue weighted by atomic mass is 32.1. The zero-order chi connectivity index (χ0) is 13.0. The number of carboxylic acids is 1. The van der Waals surface area contributed by atoms with Crippen LogP contribution in [0.15, 0.2) is 17.5 Å². The number of carbonyl (C=O) groups is 1. The van der Waals surface area contributed by atoms with Gasteiger partial charge in [0, 0.05) is 10.9 Å². The Bertz CT molecular complexity index is 351. The topological polar surface area (TPSA) is 69.6 Å². The zero-order valence-electron chi connectivity index (χ0n) is 10.3. The molecule has 0 aromatic carbocycles. The molecule has 0 aliphatic carbocycles. The third-order valence-corrected chi connectivity index (χ3v) is 3.63. The Hall–Kier alpha value is -0.910. The minimum absolute atomic E-state index is 0.0227. The van der Waals surface area contributed by atoms with Crippen LogP contribution in [0.2, 0.25) is 0 Å². The van der Waals surface area contributed by atoms with E-state index in [1.165, 1.54) is 11.3 Å². The lowest BCUT2D eigenvalue weighted by molar-refractivity contribution is -0.141. The van der Waals surface area contributed by atoms with Crippen molar-refractivity contribution in [2.24, 2.45) is 5.92 Å². The van der Waals surface area contributed by atoms with Crippen molar-refractivity contribution in [2.45, 2.75) is 39.0 Å². The van der Waals surface area contributed by atoms with Crippen molar-refractivity contribution in [3.05, 3.63) is 22.4 Å². The molecule has 0 amide bonds. The third-order valence-electron chi connectivity index (χ3n) is 2.68. The standard InChI is InChI=1S/C12H19NO3S/c1-7(2)10(12(15)16)13-8(3)11(14)9-5-4-6-17-9/h4-8,10-11,13-14H,1-3H3,(H,15,16). The summed E-state index contributed by atoms with van der Waals surface area (Å²) in [5.74, 6) is -0.907. The van der Waals surface area contributed by atoms with E-state index in [9.17, 15) is 9.90 Å².